The summed E-state index contributed by atoms with van der Waals surface area (Å²) in [7, 11) is 1.19. The molecule has 0 radical (unpaired) electrons. The van der Waals surface area contributed by atoms with Crippen LogP contribution >= 0.6 is 0 Å². The van der Waals surface area contributed by atoms with Crippen molar-refractivity contribution in [2.45, 2.75) is 25.1 Å². The molecule has 1 atom stereocenters. The van der Waals surface area contributed by atoms with Crippen LogP contribution in [0.2, 0.25) is 0 Å². The Kier molecular flexibility index (Phi) is 6.38. The van der Waals surface area contributed by atoms with Crippen LogP contribution in [0.4, 0.5) is 13.2 Å². The van der Waals surface area contributed by atoms with E-state index in [2.05, 4.69) is 10.1 Å². The van der Waals surface area contributed by atoms with E-state index in [0.717, 1.165) is 23.8 Å². The molecule has 2 aromatic rings. The molecule has 2 aromatic carbocycles. The number of aryl methyl sites for hydroxylation is 1. The van der Waals surface area contributed by atoms with Gasteiger partial charge >= 0.3 is 12.1 Å². The quantitative estimate of drug-likeness (QED) is 0.796. The first kappa shape index (κ1) is 19.5. The SMILES string of the molecule is COC(=O)[C@H](CCc1ccccc1)NC(=O)c1cccc(C(F)(F)F)c1. The van der Waals surface area contributed by atoms with Crippen LogP contribution in [-0.4, -0.2) is 25.0 Å². The Bertz CT molecular complexity index is 760. The number of halogens is 3. The van der Waals surface area contributed by atoms with E-state index >= 15 is 0 Å². The van der Waals surface area contributed by atoms with Gasteiger partial charge in [-0.05, 0) is 36.6 Å². The second-order valence-corrected chi connectivity index (χ2v) is 5.65. The number of ether oxygens (including phenoxy) is 1. The van der Waals surface area contributed by atoms with Gasteiger partial charge in [-0.3, -0.25) is 4.79 Å². The molecule has 1 N–H and O–H groups in total. The summed E-state index contributed by atoms with van der Waals surface area (Å²) in [5.41, 5.74) is -0.132. The number of alkyl halides is 3. The van der Waals surface area contributed by atoms with Crippen molar-refractivity contribution in [2.75, 3.05) is 7.11 Å². The number of hydrogen-bond acceptors (Lipinski definition) is 3. The number of methoxy groups -OCH3 is 1. The first-order valence-electron chi connectivity index (χ1n) is 7.91. The predicted octanol–water partition coefficient (Wildman–Crippen LogP) is 3.61. The second-order valence-electron chi connectivity index (χ2n) is 5.65. The van der Waals surface area contributed by atoms with Gasteiger partial charge in [0.15, 0.2) is 0 Å². The molecule has 4 nitrogen and oxygen atoms in total. The fraction of sp³-hybridized carbons (Fsp3) is 0.263. The largest absolute Gasteiger partial charge is 0.467 e. The van der Waals surface area contributed by atoms with Gasteiger partial charge in [0.1, 0.15) is 6.04 Å². The monoisotopic (exact) mass is 365 g/mol. The topological polar surface area (TPSA) is 55.4 Å². The normalized spacial score (nSPS) is 12.3. The number of esters is 1. The van der Waals surface area contributed by atoms with Crippen LogP contribution in [0.1, 0.15) is 27.9 Å². The van der Waals surface area contributed by atoms with Crippen LogP contribution < -0.4 is 5.32 Å². The summed E-state index contributed by atoms with van der Waals surface area (Å²) in [6.07, 6.45) is -3.78. The van der Waals surface area contributed by atoms with Crippen molar-refractivity contribution in [3.05, 3.63) is 71.3 Å². The first-order chi connectivity index (χ1) is 12.3. The van der Waals surface area contributed by atoms with Crippen molar-refractivity contribution in [3.8, 4) is 0 Å². The van der Waals surface area contributed by atoms with E-state index in [0.29, 0.717) is 6.42 Å². The second kappa shape index (κ2) is 8.51. The standard InChI is InChI=1S/C19H18F3NO3/c1-26-18(25)16(11-10-13-6-3-2-4-7-13)23-17(24)14-8-5-9-15(12-14)19(20,21)22/h2-9,12,16H,10-11H2,1H3,(H,23,24)/t16-/m0/s1. The van der Waals surface area contributed by atoms with Crippen molar-refractivity contribution in [3.63, 3.8) is 0 Å². The fourth-order valence-corrected chi connectivity index (χ4v) is 2.43. The van der Waals surface area contributed by atoms with Crippen molar-refractivity contribution in [2.24, 2.45) is 0 Å². The van der Waals surface area contributed by atoms with Gasteiger partial charge in [-0.1, -0.05) is 36.4 Å². The summed E-state index contributed by atoms with van der Waals surface area (Å²) < 4.78 is 43.0. The van der Waals surface area contributed by atoms with Gasteiger partial charge in [0.05, 0.1) is 12.7 Å². The summed E-state index contributed by atoms with van der Waals surface area (Å²) >= 11 is 0. The van der Waals surface area contributed by atoms with E-state index < -0.39 is 29.7 Å². The molecule has 26 heavy (non-hydrogen) atoms. The number of hydrogen-bond donors (Lipinski definition) is 1. The number of nitrogens with one attached hydrogen (secondary N) is 1. The van der Waals surface area contributed by atoms with E-state index in [1.165, 1.54) is 13.2 Å². The van der Waals surface area contributed by atoms with Crippen LogP contribution in [0, 0.1) is 0 Å². The van der Waals surface area contributed by atoms with Gasteiger partial charge in [0.25, 0.3) is 5.91 Å². The average molecular weight is 365 g/mol. The predicted molar refractivity (Wildman–Crippen MR) is 89.5 cm³/mol. The molecule has 0 heterocycles. The summed E-state index contributed by atoms with van der Waals surface area (Å²) in [4.78, 5) is 24.2. The molecule has 0 bridgehead atoms. The maximum Gasteiger partial charge on any atom is 0.416 e. The van der Waals surface area contributed by atoms with Gasteiger partial charge in [0, 0.05) is 5.56 Å². The van der Waals surface area contributed by atoms with Crippen molar-refractivity contribution in [1.29, 1.82) is 0 Å². The minimum atomic E-state index is -4.55. The van der Waals surface area contributed by atoms with E-state index in [1.54, 1.807) is 0 Å². The highest BCUT2D eigenvalue weighted by molar-refractivity contribution is 5.96. The van der Waals surface area contributed by atoms with Crippen LogP contribution in [0.15, 0.2) is 54.6 Å². The Morgan fingerprint density at radius 3 is 2.38 bits per heavy atom. The van der Waals surface area contributed by atoms with E-state index in [4.69, 9.17) is 0 Å². The van der Waals surface area contributed by atoms with Crippen molar-refractivity contribution in [1.82, 2.24) is 5.32 Å². The zero-order chi connectivity index (χ0) is 19.2. The molecule has 0 saturated heterocycles. The van der Waals surface area contributed by atoms with Gasteiger partial charge in [-0.15, -0.1) is 0 Å². The van der Waals surface area contributed by atoms with E-state index in [1.807, 2.05) is 30.3 Å². The third-order valence-electron chi connectivity index (χ3n) is 3.81. The first-order valence-corrected chi connectivity index (χ1v) is 7.91. The highest BCUT2D eigenvalue weighted by atomic mass is 19.4. The summed E-state index contributed by atoms with van der Waals surface area (Å²) in [5, 5.41) is 2.45. The fourth-order valence-electron chi connectivity index (χ4n) is 2.43. The molecule has 7 heteroatoms. The molecular formula is C19H18F3NO3. The molecule has 0 aliphatic carbocycles. The third-order valence-corrected chi connectivity index (χ3v) is 3.81. The summed E-state index contributed by atoms with van der Waals surface area (Å²) in [6.45, 7) is 0. The lowest BCUT2D eigenvalue weighted by Gasteiger charge is -2.17. The van der Waals surface area contributed by atoms with Gasteiger partial charge in [-0.25, -0.2) is 4.79 Å². The summed E-state index contributed by atoms with van der Waals surface area (Å²) in [6, 6.07) is 12.4. The summed E-state index contributed by atoms with van der Waals surface area (Å²) in [5.74, 6) is -1.42. The van der Waals surface area contributed by atoms with Gasteiger partial charge < -0.3 is 10.1 Å². The zero-order valence-corrected chi connectivity index (χ0v) is 14.0. The van der Waals surface area contributed by atoms with Crippen molar-refractivity contribution < 1.29 is 27.5 Å². The Morgan fingerprint density at radius 1 is 1.08 bits per heavy atom. The van der Waals surface area contributed by atoms with Crippen LogP contribution in [-0.2, 0) is 22.1 Å². The third kappa shape index (κ3) is 5.34. The number of carbonyl (C=O) groups excluding carboxylic acids is 2. The molecule has 0 aliphatic heterocycles. The molecule has 138 valence electrons. The van der Waals surface area contributed by atoms with Crippen LogP contribution in [0.3, 0.4) is 0 Å². The Labute approximate surface area is 149 Å². The lowest BCUT2D eigenvalue weighted by Crippen LogP contribution is -2.41. The average Bonchev–Trinajstić information content (AvgIpc) is 2.64. The van der Waals surface area contributed by atoms with Gasteiger partial charge in [-0.2, -0.15) is 13.2 Å². The number of rotatable bonds is 6. The molecule has 1 amide bonds. The van der Waals surface area contributed by atoms with E-state index in [9.17, 15) is 22.8 Å². The Balaban J connectivity index is 2.10. The molecule has 0 aliphatic rings. The lowest BCUT2D eigenvalue weighted by atomic mass is 10.0. The smallest absolute Gasteiger partial charge is 0.416 e. The molecule has 0 fully saturated rings. The number of benzene rings is 2. The van der Waals surface area contributed by atoms with Gasteiger partial charge in [0.2, 0.25) is 0 Å². The molecule has 0 saturated carbocycles. The molecule has 0 unspecified atom stereocenters. The van der Waals surface area contributed by atoms with Crippen LogP contribution in [0.25, 0.3) is 0 Å². The highest BCUT2D eigenvalue weighted by Gasteiger charge is 2.31. The Hall–Kier alpha value is -2.83. The molecular weight excluding hydrogens is 347 g/mol. The lowest BCUT2D eigenvalue weighted by molar-refractivity contribution is -0.143. The van der Waals surface area contributed by atoms with Crippen LogP contribution in [0.5, 0.6) is 0 Å². The maximum absolute atomic E-state index is 12.8. The molecule has 0 aromatic heterocycles. The number of amides is 1. The minimum Gasteiger partial charge on any atom is -0.467 e. The van der Waals surface area contributed by atoms with E-state index in [-0.39, 0.29) is 12.0 Å². The Morgan fingerprint density at radius 2 is 1.77 bits per heavy atom. The molecule has 0 spiro atoms. The van der Waals surface area contributed by atoms with Crippen molar-refractivity contribution >= 4 is 11.9 Å². The molecule has 2 rings (SSSR count). The number of carbonyl (C=O) groups is 2. The zero-order valence-electron chi connectivity index (χ0n) is 14.0. The minimum absolute atomic E-state index is 0.173. The highest BCUT2D eigenvalue weighted by Crippen LogP contribution is 2.29. The maximum atomic E-state index is 12.8.